The highest BCUT2D eigenvalue weighted by Crippen LogP contribution is 2.37. The number of nitrogens with zero attached hydrogens (tertiary/aromatic N) is 1. The number of likely N-dealkylation sites (tertiary alicyclic amines) is 1. The van der Waals surface area contributed by atoms with Gasteiger partial charge in [-0.3, -0.25) is 4.79 Å². The molecule has 1 N–H and O–H groups in total. The first-order valence-corrected chi connectivity index (χ1v) is 7.47. The lowest BCUT2D eigenvalue weighted by Crippen LogP contribution is -2.48. The smallest absolute Gasteiger partial charge is 0.419 e. The maximum absolute atomic E-state index is 12.8. The lowest BCUT2D eigenvalue weighted by Gasteiger charge is -2.25. The Bertz CT molecular complexity index is 762. The predicted octanol–water partition coefficient (Wildman–Crippen LogP) is 2.74. The molecule has 1 fully saturated rings. The van der Waals surface area contributed by atoms with E-state index in [1.807, 2.05) is 30.3 Å². The van der Waals surface area contributed by atoms with Crippen molar-refractivity contribution in [2.45, 2.75) is 18.2 Å². The Morgan fingerprint density at radius 2 is 1.92 bits per heavy atom. The highest BCUT2D eigenvalue weighted by atomic mass is 19.4. The number of aliphatic hydroxyl groups is 1. The SMILES string of the molecule is O=C(COc1ccc2ccccc2c1)N1CC[C@](O)(C(F)(F)F)C1. The minimum atomic E-state index is -4.75. The first-order chi connectivity index (χ1) is 11.3. The largest absolute Gasteiger partial charge is 0.484 e. The highest BCUT2D eigenvalue weighted by molar-refractivity contribution is 5.84. The van der Waals surface area contributed by atoms with Gasteiger partial charge >= 0.3 is 6.18 Å². The lowest BCUT2D eigenvalue weighted by molar-refractivity contribution is -0.253. The van der Waals surface area contributed by atoms with Crippen LogP contribution in [-0.4, -0.2) is 47.4 Å². The minimum absolute atomic E-state index is 0.143. The van der Waals surface area contributed by atoms with Crippen LogP contribution in [0.4, 0.5) is 13.2 Å². The topological polar surface area (TPSA) is 49.8 Å². The van der Waals surface area contributed by atoms with E-state index in [0.717, 1.165) is 15.7 Å². The van der Waals surface area contributed by atoms with Gasteiger partial charge in [0.05, 0.1) is 6.54 Å². The van der Waals surface area contributed by atoms with E-state index in [1.54, 1.807) is 12.1 Å². The lowest BCUT2D eigenvalue weighted by atomic mass is 10.0. The third kappa shape index (κ3) is 3.17. The summed E-state index contributed by atoms with van der Waals surface area (Å²) >= 11 is 0. The molecule has 2 aromatic rings. The molecule has 7 heteroatoms. The molecule has 1 aliphatic heterocycles. The van der Waals surface area contributed by atoms with Gasteiger partial charge in [-0.05, 0) is 22.9 Å². The molecule has 1 atom stereocenters. The Morgan fingerprint density at radius 1 is 1.21 bits per heavy atom. The van der Waals surface area contributed by atoms with Crippen molar-refractivity contribution in [1.82, 2.24) is 4.90 Å². The third-order valence-electron chi connectivity index (χ3n) is 4.21. The van der Waals surface area contributed by atoms with Crippen LogP contribution in [0.1, 0.15) is 6.42 Å². The van der Waals surface area contributed by atoms with Crippen molar-refractivity contribution in [3.8, 4) is 5.75 Å². The van der Waals surface area contributed by atoms with Gasteiger partial charge < -0.3 is 14.7 Å². The summed E-state index contributed by atoms with van der Waals surface area (Å²) in [6.07, 6.45) is -5.26. The molecule has 0 bridgehead atoms. The highest BCUT2D eigenvalue weighted by Gasteiger charge is 2.57. The standard InChI is InChI=1S/C17H16F3NO3/c18-17(19,20)16(23)7-8-21(11-16)15(22)10-24-14-6-5-12-3-1-2-4-13(12)9-14/h1-6,9,23H,7-8,10-11H2/t16-/m1/s1. The van der Waals surface area contributed by atoms with Crippen molar-refractivity contribution in [3.05, 3.63) is 42.5 Å². The van der Waals surface area contributed by atoms with Crippen molar-refractivity contribution < 1.29 is 27.8 Å². The normalized spacial score (nSPS) is 21.2. The first-order valence-electron chi connectivity index (χ1n) is 7.47. The van der Waals surface area contributed by atoms with Gasteiger partial charge in [0.2, 0.25) is 0 Å². The molecule has 0 unspecified atom stereocenters. The van der Waals surface area contributed by atoms with E-state index in [9.17, 15) is 23.1 Å². The quantitative estimate of drug-likeness (QED) is 0.935. The molecular weight excluding hydrogens is 323 g/mol. The van der Waals surface area contributed by atoms with Crippen LogP contribution in [0, 0.1) is 0 Å². The zero-order valence-corrected chi connectivity index (χ0v) is 12.7. The summed E-state index contributed by atoms with van der Waals surface area (Å²) in [5, 5.41) is 11.6. The molecule has 128 valence electrons. The molecule has 1 heterocycles. The zero-order valence-electron chi connectivity index (χ0n) is 12.7. The number of hydrogen-bond donors (Lipinski definition) is 1. The van der Waals surface area contributed by atoms with E-state index in [0.29, 0.717) is 5.75 Å². The fourth-order valence-corrected chi connectivity index (χ4v) is 2.73. The second-order valence-electron chi connectivity index (χ2n) is 5.89. The number of amides is 1. The number of hydrogen-bond acceptors (Lipinski definition) is 3. The monoisotopic (exact) mass is 339 g/mol. The van der Waals surface area contributed by atoms with Gasteiger partial charge in [-0.25, -0.2) is 0 Å². The molecule has 0 radical (unpaired) electrons. The molecule has 0 spiro atoms. The van der Waals surface area contributed by atoms with E-state index in [1.165, 1.54) is 0 Å². The summed E-state index contributed by atoms with van der Waals surface area (Å²) in [5.74, 6) is -0.115. The van der Waals surface area contributed by atoms with E-state index in [2.05, 4.69) is 0 Å². The Labute approximate surface area is 136 Å². The summed E-state index contributed by atoms with van der Waals surface area (Å²) in [5.41, 5.74) is -2.83. The van der Waals surface area contributed by atoms with Gasteiger partial charge in [-0.1, -0.05) is 30.3 Å². The molecule has 1 aliphatic rings. The first kappa shape index (κ1) is 16.6. The fourth-order valence-electron chi connectivity index (χ4n) is 2.73. The number of carbonyl (C=O) groups is 1. The Balaban J connectivity index is 1.61. The number of ether oxygens (including phenoxy) is 1. The molecule has 4 nitrogen and oxygen atoms in total. The molecular formula is C17H16F3NO3. The number of halogens is 3. The van der Waals surface area contributed by atoms with Crippen LogP contribution in [0.2, 0.25) is 0 Å². The summed E-state index contributed by atoms with van der Waals surface area (Å²) < 4.78 is 43.7. The third-order valence-corrected chi connectivity index (χ3v) is 4.21. The molecule has 24 heavy (non-hydrogen) atoms. The maximum atomic E-state index is 12.8. The van der Waals surface area contributed by atoms with Crippen LogP contribution >= 0.6 is 0 Å². The van der Waals surface area contributed by atoms with Crippen molar-refractivity contribution in [2.75, 3.05) is 19.7 Å². The number of carbonyl (C=O) groups excluding carboxylic acids is 1. The van der Waals surface area contributed by atoms with Gasteiger partial charge in [0.1, 0.15) is 5.75 Å². The Kier molecular flexibility index (Phi) is 4.13. The van der Waals surface area contributed by atoms with Crippen molar-refractivity contribution in [3.63, 3.8) is 0 Å². The average molecular weight is 339 g/mol. The fraction of sp³-hybridized carbons (Fsp3) is 0.353. The van der Waals surface area contributed by atoms with E-state index >= 15 is 0 Å². The van der Waals surface area contributed by atoms with Gasteiger partial charge in [-0.15, -0.1) is 0 Å². The number of β-amino-alcohol motifs (C(OH)–C–C–N with tert-alkyl or cyclic N) is 1. The van der Waals surface area contributed by atoms with Crippen molar-refractivity contribution in [2.24, 2.45) is 0 Å². The van der Waals surface area contributed by atoms with Gasteiger partial charge in [0.25, 0.3) is 5.91 Å². The van der Waals surface area contributed by atoms with Gasteiger partial charge in [0.15, 0.2) is 12.2 Å². The Hall–Kier alpha value is -2.28. The summed E-state index contributed by atoms with van der Waals surface area (Å²) in [4.78, 5) is 13.0. The molecule has 0 saturated carbocycles. The van der Waals surface area contributed by atoms with Crippen LogP contribution < -0.4 is 4.74 Å². The molecule has 1 amide bonds. The second-order valence-corrected chi connectivity index (χ2v) is 5.89. The minimum Gasteiger partial charge on any atom is -0.484 e. The summed E-state index contributed by atoms with van der Waals surface area (Å²) in [6, 6.07) is 12.9. The predicted molar refractivity (Wildman–Crippen MR) is 81.6 cm³/mol. The number of benzene rings is 2. The number of alkyl halides is 3. The zero-order chi connectivity index (χ0) is 17.4. The second kappa shape index (κ2) is 5.98. The van der Waals surface area contributed by atoms with Crippen molar-refractivity contribution in [1.29, 1.82) is 0 Å². The van der Waals surface area contributed by atoms with Crippen LogP contribution in [0.15, 0.2) is 42.5 Å². The molecule has 0 aliphatic carbocycles. The molecule has 1 saturated heterocycles. The van der Waals surface area contributed by atoms with Crippen LogP contribution in [0.5, 0.6) is 5.75 Å². The molecule has 0 aromatic heterocycles. The van der Waals surface area contributed by atoms with Gasteiger partial charge in [0, 0.05) is 13.0 Å². The van der Waals surface area contributed by atoms with Crippen LogP contribution in [-0.2, 0) is 4.79 Å². The maximum Gasteiger partial charge on any atom is 0.419 e. The van der Waals surface area contributed by atoms with Gasteiger partial charge in [-0.2, -0.15) is 13.2 Å². The van der Waals surface area contributed by atoms with E-state index < -0.39 is 30.7 Å². The summed E-state index contributed by atoms with van der Waals surface area (Å²) in [6.45, 7) is -1.27. The van der Waals surface area contributed by atoms with Crippen LogP contribution in [0.25, 0.3) is 10.8 Å². The van der Waals surface area contributed by atoms with Crippen LogP contribution in [0.3, 0.4) is 0 Å². The van der Waals surface area contributed by atoms with Crippen molar-refractivity contribution >= 4 is 16.7 Å². The molecule has 2 aromatic carbocycles. The summed E-state index contributed by atoms with van der Waals surface area (Å²) in [7, 11) is 0. The van der Waals surface area contributed by atoms with E-state index in [-0.39, 0.29) is 13.2 Å². The number of fused-ring (bicyclic) bond motifs is 1. The molecule has 3 rings (SSSR count). The van der Waals surface area contributed by atoms with E-state index in [4.69, 9.17) is 4.74 Å². The Morgan fingerprint density at radius 3 is 2.58 bits per heavy atom. The average Bonchev–Trinajstić information content (AvgIpc) is 2.96. The number of rotatable bonds is 3.